The molecule has 0 aromatic carbocycles. The van der Waals surface area contributed by atoms with Gasteiger partial charge in [0, 0.05) is 25.6 Å². The van der Waals surface area contributed by atoms with E-state index in [0.717, 1.165) is 0 Å². The molecule has 0 bridgehead atoms. The molecular weight excluding hydrogens is 208 g/mol. The molecule has 0 rings (SSSR count). The van der Waals surface area contributed by atoms with Gasteiger partial charge in [-0.15, -0.1) is 6.58 Å². The second-order valence-electron chi connectivity index (χ2n) is 3.89. The minimum absolute atomic E-state index is 0.0607. The maximum atomic E-state index is 11.3. The van der Waals surface area contributed by atoms with Gasteiger partial charge >= 0.3 is 5.97 Å². The van der Waals surface area contributed by atoms with E-state index in [0.29, 0.717) is 19.5 Å². The topological polar surface area (TPSA) is 69.6 Å². The molecule has 0 aliphatic carbocycles. The van der Waals surface area contributed by atoms with Crippen molar-refractivity contribution in [2.75, 3.05) is 19.6 Å². The SMILES string of the molecule is C=CCN(CCC(=O)NC(C)C)CC(=O)O. The van der Waals surface area contributed by atoms with Gasteiger partial charge in [0.05, 0.1) is 6.54 Å². The summed E-state index contributed by atoms with van der Waals surface area (Å²) in [6.07, 6.45) is 1.93. The van der Waals surface area contributed by atoms with Crippen molar-refractivity contribution in [2.45, 2.75) is 26.3 Å². The fourth-order valence-corrected chi connectivity index (χ4v) is 1.26. The molecule has 5 heteroatoms. The summed E-state index contributed by atoms with van der Waals surface area (Å²) in [7, 11) is 0. The van der Waals surface area contributed by atoms with E-state index in [-0.39, 0.29) is 18.5 Å². The molecule has 0 aromatic heterocycles. The second kappa shape index (κ2) is 7.87. The van der Waals surface area contributed by atoms with Crippen LogP contribution in [0.25, 0.3) is 0 Å². The smallest absolute Gasteiger partial charge is 0.317 e. The lowest BCUT2D eigenvalue weighted by molar-refractivity contribution is -0.138. The maximum absolute atomic E-state index is 11.3. The fraction of sp³-hybridized carbons (Fsp3) is 0.636. The number of carboxylic acid groups (broad SMARTS) is 1. The Hall–Kier alpha value is -1.36. The third kappa shape index (κ3) is 7.99. The van der Waals surface area contributed by atoms with Crippen LogP contribution in [-0.2, 0) is 9.59 Å². The average Bonchev–Trinajstić information content (AvgIpc) is 2.12. The number of carboxylic acids is 1. The Morgan fingerprint density at radius 3 is 2.56 bits per heavy atom. The normalized spacial score (nSPS) is 10.5. The summed E-state index contributed by atoms with van der Waals surface area (Å²) in [6.45, 7) is 8.15. The summed E-state index contributed by atoms with van der Waals surface area (Å²) in [5, 5.41) is 11.4. The van der Waals surface area contributed by atoms with Crippen LogP contribution in [0.4, 0.5) is 0 Å². The highest BCUT2D eigenvalue weighted by Gasteiger charge is 2.10. The van der Waals surface area contributed by atoms with E-state index in [1.54, 1.807) is 11.0 Å². The highest BCUT2D eigenvalue weighted by atomic mass is 16.4. The van der Waals surface area contributed by atoms with Crippen LogP contribution in [0.2, 0.25) is 0 Å². The summed E-state index contributed by atoms with van der Waals surface area (Å²) in [4.78, 5) is 23.5. The van der Waals surface area contributed by atoms with Gasteiger partial charge < -0.3 is 10.4 Å². The van der Waals surface area contributed by atoms with Crippen LogP contribution in [0.1, 0.15) is 20.3 Å². The van der Waals surface area contributed by atoms with E-state index >= 15 is 0 Å². The van der Waals surface area contributed by atoms with Crippen molar-refractivity contribution in [3.63, 3.8) is 0 Å². The fourth-order valence-electron chi connectivity index (χ4n) is 1.26. The predicted molar refractivity (Wildman–Crippen MR) is 62.2 cm³/mol. The average molecular weight is 228 g/mol. The van der Waals surface area contributed by atoms with Gasteiger partial charge in [-0.05, 0) is 13.8 Å². The number of aliphatic carboxylic acids is 1. The molecule has 92 valence electrons. The van der Waals surface area contributed by atoms with Crippen LogP contribution in [0, 0.1) is 0 Å². The van der Waals surface area contributed by atoms with Crippen LogP contribution < -0.4 is 5.32 Å². The second-order valence-corrected chi connectivity index (χ2v) is 3.89. The van der Waals surface area contributed by atoms with E-state index in [9.17, 15) is 9.59 Å². The first kappa shape index (κ1) is 14.6. The largest absolute Gasteiger partial charge is 0.480 e. The standard InChI is InChI=1S/C11H20N2O3/c1-4-6-13(8-11(15)16)7-5-10(14)12-9(2)3/h4,9H,1,5-8H2,2-3H3,(H,12,14)(H,15,16). The van der Waals surface area contributed by atoms with Gasteiger partial charge in [0.2, 0.25) is 5.91 Å². The summed E-state index contributed by atoms with van der Waals surface area (Å²) in [6, 6.07) is 0.111. The zero-order chi connectivity index (χ0) is 12.6. The Morgan fingerprint density at radius 2 is 2.12 bits per heavy atom. The quantitative estimate of drug-likeness (QED) is 0.593. The molecule has 0 spiro atoms. The van der Waals surface area contributed by atoms with Crippen molar-refractivity contribution in [1.29, 1.82) is 0 Å². The molecule has 16 heavy (non-hydrogen) atoms. The number of hydrogen-bond donors (Lipinski definition) is 2. The van der Waals surface area contributed by atoms with Gasteiger partial charge in [0.15, 0.2) is 0 Å². The van der Waals surface area contributed by atoms with Crippen molar-refractivity contribution < 1.29 is 14.7 Å². The number of amides is 1. The molecule has 0 fully saturated rings. The van der Waals surface area contributed by atoms with Crippen LogP contribution in [0.3, 0.4) is 0 Å². The first-order chi connectivity index (χ1) is 7.45. The van der Waals surface area contributed by atoms with E-state index < -0.39 is 5.97 Å². The molecule has 0 unspecified atom stereocenters. The van der Waals surface area contributed by atoms with Crippen molar-refractivity contribution in [2.24, 2.45) is 0 Å². The summed E-state index contributed by atoms with van der Waals surface area (Å²) < 4.78 is 0. The molecule has 0 aliphatic heterocycles. The van der Waals surface area contributed by atoms with Gasteiger partial charge in [-0.25, -0.2) is 0 Å². The Bertz CT molecular complexity index is 252. The molecule has 5 nitrogen and oxygen atoms in total. The van der Waals surface area contributed by atoms with Gasteiger partial charge in [-0.2, -0.15) is 0 Å². The van der Waals surface area contributed by atoms with Crippen LogP contribution >= 0.6 is 0 Å². The van der Waals surface area contributed by atoms with Gasteiger partial charge in [-0.1, -0.05) is 6.08 Å². The third-order valence-corrected chi connectivity index (χ3v) is 1.85. The number of rotatable bonds is 8. The molecule has 0 aromatic rings. The van der Waals surface area contributed by atoms with E-state index in [1.807, 2.05) is 13.8 Å². The first-order valence-corrected chi connectivity index (χ1v) is 5.30. The highest BCUT2D eigenvalue weighted by Crippen LogP contribution is 1.93. The number of nitrogens with zero attached hydrogens (tertiary/aromatic N) is 1. The van der Waals surface area contributed by atoms with E-state index in [4.69, 9.17) is 5.11 Å². The lowest BCUT2D eigenvalue weighted by Gasteiger charge is -2.18. The molecule has 0 atom stereocenters. The number of carbonyl (C=O) groups excluding carboxylic acids is 1. The predicted octanol–water partition coefficient (Wildman–Crippen LogP) is 0.474. The molecular formula is C11H20N2O3. The van der Waals surface area contributed by atoms with Crippen LogP contribution in [-0.4, -0.2) is 47.6 Å². The lowest BCUT2D eigenvalue weighted by Crippen LogP contribution is -2.36. The zero-order valence-corrected chi connectivity index (χ0v) is 9.90. The summed E-state index contributed by atoms with van der Waals surface area (Å²) in [5.74, 6) is -0.958. The lowest BCUT2D eigenvalue weighted by atomic mass is 10.3. The molecule has 0 saturated carbocycles. The molecule has 0 aliphatic rings. The molecule has 0 radical (unpaired) electrons. The number of carbonyl (C=O) groups is 2. The Labute approximate surface area is 96.1 Å². The Balaban J connectivity index is 3.95. The minimum atomic E-state index is -0.897. The number of hydrogen-bond acceptors (Lipinski definition) is 3. The highest BCUT2D eigenvalue weighted by molar-refractivity contribution is 5.76. The van der Waals surface area contributed by atoms with Gasteiger partial charge in [-0.3, -0.25) is 14.5 Å². The molecule has 0 saturated heterocycles. The van der Waals surface area contributed by atoms with Gasteiger partial charge in [0.25, 0.3) is 0 Å². The monoisotopic (exact) mass is 228 g/mol. The van der Waals surface area contributed by atoms with Gasteiger partial charge in [0.1, 0.15) is 0 Å². The van der Waals surface area contributed by atoms with E-state index in [1.165, 1.54) is 0 Å². The van der Waals surface area contributed by atoms with Crippen LogP contribution in [0.15, 0.2) is 12.7 Å². The summed E-state index contributed by atoms with van der Waals surface area (Å²) >= 11 is 0. The number of nitrogens with one attached hydrogen (secondary N) is 1. The first-order valence-electron chi connectivity index (χ1n) is 5.30. The minimum Gasteiger partial charge on any atom is -0.480 e. The Kier molecular flexibility index (Phi) is 7.20. The molecule has 1 amide bonds. The van der Waals surface area contributed by atoms with Crippen molar-refractivity contribution in [1.82, 2.24) is 10.2 Å². The van der Waals surface area contributed by atoms with Crippen molar-refractivity contribution in [3.8, 4) is 0 Å². The molecule has 2 N–H and O–H groups in total. The van der Waals surface area contributed by atoms with E-state index in [2.05, 4.69) is 11.9 Å². The zero-order valence-electron chi connectivity index (χ0n) is 9.90. The third-order valence-electron chi connectivity index (χ3n) is 1.85. The Morgan fingerprint density at radius 1 is 1.50 bits per heavy atom. The van der Waals surface area contributed by atoms with Crippen LogP contribution in [0.5, 0.6) is 0 Å². The van der Waals surface area contributed by atoms with Crippen molar-refractivity contribution in [3.05, 3.63) is 12.7 Å². The van der Waals surface area contributed by atoms with Crippen molar-refractivity contribution >= 4 is 11.9 Å². The molecule has 0 heterocycles. The summed E-state index contributed by atoms with van der Waals surface area (Å²) in [5.41, 5.74) is 0. The maximum Gasteiger partial charge on any atom is 0.317 e.